The SMILES string of the molecule is CC(C)c1c(O)nc(CSC2CCCC2)[nH]c1=O. The number of nitrogens with zero attached hydrogens (tertiary/aromatic N) is 1. The maximum absolute atomic E-state index is 11.8. The Hall–Kier alpha value is -0.970. The molecule has 2 rings (SSSR count). The molecule has 0 radical (unpaired) electrons. The van der Waals surface area contributed by atoms with E-state index in [4.69, 9.17) is 0 Å². The highest BCUT2D eigenvalue weighted by molar-refractivity contribution is 7.99. The van der Waals surface area contributed by atoms with Crippen LogP contribution in [0.2, 0.25) is 0 Å². The van der Waals surface area contributed by atoms with E-state index < -0.39 is 0 Å². The molecule has 5 heteroatoms. The molecule has 1 aromatic rings. The van der Waals surface area contributed by atoms with Crippen molar-refractivity contribution in [1.29, 1.82) is 0 Å². The van der Waals surface area contributed by atoms with E-state index in [1.165, 1.54) is 25.7 Å². The van der Waals surface area contributed by atoms with Crippen molar-refractivity contribution in [2.45, 2.75) is 56.5 Å². The zero-order valence-electron chi connectivity index (χ0n) is 10.9. The van der Waals surface area contributed by atoms with E-state index in [0.29, 0.717) is 22.4 Å². The summed E-state index contributed by atoms with van der Waals surface area (Å²) in [5.41, 5.74) is 0.170. The van der Waals surface area contributed by atoms with Gasteiger partial charge in [0, 0.05) is 5.25 Å². The van der Waals surface area contributed by atoms with Crippen LogP contribution < -0.4 is 5.56 Å². The molecule has 100 valence electrons. The van der Waals surface area contributed by atoms with Gasteiger partial charge in [0.1, 0.15) is 5.82 Å². The normalized spacial score (nSPS) is 16.6. The smallest absolute Gasteiger partial charge is 0.258 e. The van der Waals surface area contributed by atoms with Gasteiger partial charge in [-0.2, -0.15) is 16.7 Å². The third kappa shape index (κ3) is 3.07. The van der Waals surface area contributed by atoms with Crippen molar-refractivity contribution in [3.8, 4) is 5.88 Å². The van der Waals surface area contributed by atoms with Gasteiger partial charge in [0.05, 0.1) is 11.3 Å². The molecule has 1 aromatic heterocycles. The second-order valence-corrected chi connectivity index (χ2v) is 6.41. The van der Waals surface area contributed by atoms with Crippen LogP contribution in [-0.2, 0) is 5.75 Å². The zero-order valence-corrected chi connectivity index (χ0v) is 11.7. The van der Waals surface area contributed by atoms with Crippen molar-refractivity contribution >= 4 is 11.8 Å². The van der Waals surface area contributed by atoms with Gasteiger partial charge in [0.25, 0.3) is 5.56 Å². The predicted molar refractivity (Wildman–Crippen MR) is 74.2 cm³/mol. The van der Waals surface area contributed by atoms with E-state index in [-0.39, 0.29) is 17.4 Å². The first-order chi connectivity index (χ1) is 8.58. The Labute approximate surface area is 111 Å². The molecule has 0 saturated heterocycles. The number of hydrogen-bond donors (Lipinski definition) is 2. The van der Waals surface area contributed by atoms with E-state index in [9.17, 15) is 9.90 Å². The molecule has 1 aliphatic rings. The second-order valence-electron chi connectivity index (χ2n) is 5.12. The summed E-state index contributed by atoms with van der Waals surface area (Å²) in [6.07, 6.45) is 5.12. The topological polar surface area (TPSA) is 66.0 Å². The van der Waals surface area contributed by atoms with Crippen LogP contribution in [0.1, 0.15) is 56.8 Å². The summed E-state index contributed by atoms with van der Waals surface area (Å²) < 4.78 is 0. The standard InChI is InChI=1S/C13H20N2O2S/c1-8(2)11-12(16)14-10(15-13(11)17)7-18-9-5-3-4-6-9/h8-9H,3-7H2,1-2H3,(H2,14,15,16,17). The monoisotopic (exact) mass is 268 g/mol. The molecule has 0 bridgehead atoms. The predicted octanol–water partition coefficient (Wildman–Crippen LogP) is 2.77. The number of hydrogen-bond acceptors (Lipinski definition) is 4. The minimum atomic E-state index is -0.209. The van der Waals surface area contributed by atoms with Gasteiger partial charge in [-0.25, -0.2) is 0 Å². The molecule has 0 aromatic carbocycles. The van der Waals surface area contributed by atoms with Crippen LogP contribution in [0.3, 0.4) is 0 Å². The van der Waals surface area contributed by atoms with Crippen LogP contribution in [0.4, 0.5) is 0 Å². The molecule has 1 aliphatic carbocycles. The Kier molecular flexibility index (Phi) is 4.32. The number of aromatic amines is 1. The quantitative estimate of drug-likeness (QED) is 0.881. The first-order valence-corrected chi connectivity index (χ1v) is 7.56. The maximum Gasteiger partial charge on any atom is 0.258 e. The van der Waals surface area contributed by atoms with E-state index in [2.05, 4.69) is 9.97 Å². The molecule has 0 amide bonds. The van der Waals surface area contributed by atoms with Crippen molar-refractivity contribution < 1.29 is 5.11 Å². The highest BCUT2D eigenvalue weighted by atomic mass is 32.2. The summed E-state index contributed by atoms with van der Waals surface area (Å²) in [5, 5.41) is 10.5. The zero-order chi connectivity index (χ0) is 13.1. The molecule has 1 saturated carbocycles. The fourth-order valence-corrected chi connectivity index (χ4v) is 3.55. The van der Waals surface area contributed by atoms with Crippen molar-refractivity contribution in [3.63, 3.8) is 0 Å². The highest BCUT2D eigenvalue weighted by Gasteiger charge is 2.17. The Morgan fingerprint density at radius 1 is 1.44 bits per heavy atom. The van der Waals surface area contributed by atoms with Gasteiger partial charge in [-0.3, -0.25) is 4.79 Å². The third-order valence-corrected chi connectivity index (χ3v) is 4.70. The van der Waals surface area contributed by atoms with Crippen molar-refractivity contribution in [1.82, 2.24) is 9.97 Å². The molecule has 1 heterocycles. The fourth-order valence-electron chi connectivity index (χ4n) is 2.36. The lowest BCUT2D eigenvalue weighted by atomic mass is 10.1. The van der Waals surface area contributed by atoms with Gasteiger partial charge in [-0.15, -0.1) is 0 Å². The molecule has 0 atom stereocenters. The number of nitrogens with one attached hydrogen (secondary N) is 1. The van der Waals surface area contributed by atoms with Gasteiger partial charge in [0.15, 0.2) is 0 Å². The lowest BCUT2D eigenvalue weighted by Gasteiger charge is -2.10. The first-order valence-electron chi connectivity index (χ1n) is 6.51. The van der Waals surface area contributed by atoms with Crippen molar-refractivity contribution in [2.75, 3.05) is 0 Å². The van der Waals surface area contributed by atoms with Crippen LogP contribution in [0.15, 0.2) is 4.79 Å². The molecule has 2 N–H and O–H groups in total. The number of aromatic nitrogens is 2. The van der Waals surface area contributed by atoms with Gasteiger partial charge in [-0.1, -0.05) is 26.7 Å². The lowest BCUT2D eigenvalue weighted by molar-refractivity contribution is 0.437. The fraction of sp³-hybridized carbons (Fsp3) is 0.692. The van der Waals surface area contributed by atoms with Gasteiger partial charge in [-0.05, 0) is 18.8 Å². The minimum Gasteiger partial charge on any atom is -0.493 e. The molecule has 0 spiro atoms. The molecule has 18 heavy (non-hydrogen) atoms. The molecule has 1 fully saturated rings. The molecule has 0 aliphatic heterocycles. The molecular formula is C13H20N2O2S. The van der Waals surface area contributed by atoms with E-state index in [1.54, 1.807) is 0 Å². The van der Waals surface area contributed by atoms with Gasteiger partial charge in [0.2, 0.25) is 5.88 Å². The molecule has 4 nitrogen and oxygen atoms in total. The Morgan fingerprint density at radius 3 is 2.67 bits per heavy atom. The Morgan fingerprint density at radius 2 is 2.11 bits per heavy atom. The van der Waals surface area contributed by atoms with Crippen LogP contribution in [0.25, 0.3) is 0 Å². The average molecular weight is 268 g/mol. The number of thioether (sulfide) groups is 1. The average Bonchev–Trinajstić information content (AvgIpc) is 2.77. The van der Waals surface area contributed by atoms with Crippen LogP contribution in [-0.4, -0.2) is 20.3 Å². The summed E-state index contributed by atoms with van der Waals surface area (Å²) in [6.45, 7) is 3.75. The molecule has 0 unspecified atom stereocenters. The maximum atomic E-state index is 11.8. The summed E-state index contributed by atoms with van der Waals surface area (Å²) in [7, 11) is 0. The van der Waals surface area contributed by atoms with Crippen LogP contribution in [0, 0.1) is 0 Å². The molecular weight excluding hydrogens is 248 g/mol. The second kappa shape index (κ2) is 5.78. The third-order valence-electron chi connectivity index (χ3n) is 3.32. The van der Waals surface area contributed by atoms with E-state index >= 15 is 0 Å². The van der Waals surface area contributed by atoms with E-state index in [0.717, 1.165) is 0 Å². The number of rotatable bonds is 4. The van der Waals surface area contributed by atoms with Crippen molar-refractivity contribution in [2.24, 2.45) is 0 Å². The van der Waals surface area contributed by atoms with Gasteiger partial charge < -0.3 is 10.1 Å². The number of H-pyrrole nitrogens is 1. The Bertz CT molecular complexity index is 465. The van der Waals surface area contributed by atoms with E-state index in [1.807, 2.05) is 25.6 Å². The summed E-state index contributed by atoms with van der Waals surface area (Å²) >= 11 is 1.83. The summed E-state index contributed by atoms with van der Waals surface area (Å²) in [5.74, 6) is 1.12. The van der Waals surface area contributed by atoms with Crippen LogP contribution >= 0.6 is 11.8 Å². The van der Waals surface area contributed by atoms with Gasteiger partial charge >= 0.3 is 0 Å². The largest absolute Gasteiger partial charge is 0.493 e. The minimum absolute atomic E-state index is 0.0159. The highest BCUT2D eigenvalue weighted by Crippen LogP contribution is 2.31. The summed E-state index contributed by atoms with van der Waals surface area (Å²) in [4.78, 5) is 18.7. The number of aromatic hydroxyl groups is 1. The Balaban J connectivity index is 2.07. The van der Waals surface area contributed by atoms with Crippen LogP contribution in [0.5, 0.6) is 5.88 Å². The van der Waals surface area contributed by atoms with Crippen molar-refractivity contribution in [3.05, 3.63) is 21.7 Å². The summed E-state index contributed by atoms with van der Waals surface area (Å²) in [6, 6.07) is 0. The lowest BCUT2D eigenvalue weighted by Crippen LogP contribution is -2.17. The first kappa shape index (κ1) is 13.5.